The highest BCUT2D eigenvalue weighted by Gasteiger charge is 2.49. The molecule has 2 aliphatic heterocycles. The molecule has 0 unspecified atom stereocenters. The molecule has 178 valence electrons. The number of carbonyl (C=O) groups is 3. The number of hydrogen-bond acceptors (Lipinski definition) is 6. The van der Waals surface area contributed by atoms with Gasteiger partial charge in [-0.25, -0.2) is 4.79 Å². The Balaban J connectivity index is 1.27. The third-order valence-electron chi connectivity index (χ3n) is 5.92. The number of urea groups is 1. The Kier molecular flexibility index (Phi) is 6.08. The number of thioether (sulfide) groups is 1. The quantitative estimate of drug-likeness (QED) is 0.383. The normalized spacial score (nSPS) is 18.5. The minimum Gasteiger partial charge on any atom is -0.454 e. The molecular formula is C26H23N3O5S. The van der Waals surface area contributed by atoms with Gasteiger partial charge in [-0.15, -0.1) is 11.8 Å². The molecule has 2 N–H and O–H groups in total. The second-order valence-electron chi connectivity index (χ2n) is 8.33. The van der Waals surface area contributed by atoms with E-state index < -0.39 is 29.9 Å². The number of hydrogen-bond donors (Lipinski definition) is 2. The Morgan fingerprint density at radius 2 is 1.77 bits per heavy atom. The molecule has 0 aliphatic carbocycles. The second-order valence-corrected chi connectivity index (χ2v) is 9.35. The molecule has 5 rings (SSSR count). The predicted octanol–water partition coefficient (Wildman–Crippen LogP) is 4.11. The Bertz CT molecular complexity index is 1300. The van der Waals surface area contributed by atoms with Crippen molar-refractivity contribution < 1.29 is 23.9 Å². The van der Waals surface area contributed by atoms with Crippen molar-refractivity contribution in [1.29, 1.82) is 0 Å². The fourth-order valence-corrected chi connectivity index (χ4v) is 4.97. The maximum Gasteiger partial charge on any atom is 0.325 e. The molecule has 2 heterocycles. The van der Waals surface area contributed by atoms with Gasteiger partial charge in [0.05, 0.1) is 5.69 Å². The lowest BCUT2D eigenvalue weighted by atomic mass is 9.91. The van der Waals surface area contributed by atoms with Crippen LogP contribution in [0.15, 0.2) is 77.7 Å². The van der Waals surface area contributed by atoms with Gasteiger partial charge in [0.1, 0.15) is 12.1 Å². The van der Waals surface area contributed by atoms with E-state index in [1.807, 2.05) is 48.5 Å². The van der Waals surface area contributed by atoms with E-state index in [4.69, 9.17) is 9.47 Å². The number of fused-ring (bicyclic) bond motifs is 1. The zero-order chi connectivity index (χ0) is 24.4. The molecule has 0 saturated carbocycles. The second kappa shape index (κ2) is 9.34. The first-order valence-corrected chi connectivity index (χ1v) is 12.0. The van der Waals surface area contributed by atoms with E-state index in [1.165, 1.54) is 5.56 Å². The van der Waals surface area contributed by atoms with Gasteiger partial charge in [-0.1, -0.05) is 48.5 Å². The lowest BCUT2D eigenvalue weighted by molar-refractivity contribution is -0.133. The highest BCUT2D eigenvalue weighted by atomic mass is 32.2. The molecule has 3 aromatic carbocycles. The zero-order valence-electron chi connectivity index (χ0n) is 18.9. The first-order valence-electron chi connectivity index (χ1n) is 11.0. The van der Waals surface area contributed by atoms with E-state index in [0.717, 1.165) is 15.5 Å². The first-order chi connectivity index (χ1) is 16.9. The highest BCUT2D eigenvalue weighted by molar-refractivity contribution is 7.98. The summed E-state index contributed by atoms with van der Waals surface area (Å²) in [5, 5.41) is 5.56. The smallest absolute Gasteiger partial charge is 0.325 e. The zero-order valence-corrected chi connectivity index (χ0v) is 19.8. The van der Waals surface area contributed by atoms with Crippen LogP contribution in [0.4, 0.5) is 10.5 Å². The van der Waals surface area contributed by atoms with Gasteiger partial charge in [0.25, 0.3) is 5.91 Å². The van der Waals surface area contributed by atoms with Crippen molar-refractivity contribution in [2.75, 3.05) is 18.7 Å². The monoisotopic (exact) mass is 489 g/mol. The van der Waals surface area contributed by atoms with Crippen LogP contribution in [0.2, 0.25) is 0 Å². The summed E-state index contributed by atoms with van der Waals surface area (Å²) in [6, 6.07) is 21.9. The summed E-state index contributed by atoms with van der Waals surface area (Å²) in [7, 11) is 0. The number of ether oxygens (including phenoxy) is 2. The van der Waals surface area contributed by atoms with Crippen LogP contribution < -0.4 is 20.1 Å². The standard InChI is InChI=1S/C26H23N3O5S/c1-26(18-11-12-20-21(13-18)34-16-33-20)24(31)29(25(32)28-26)14-23(30)27-19-9-5-6-10-22(19)35-15-17-7-3-2-4-8-17/h2-13H,14-16H2,1H3,(H,27,30)(H,28,32)/t26-/m0/s1. The van der Waals surface area contributed by atoms with Gasteiger partial charge in [-0.3, -0.25) is 14.5 Å². The van der Waals surface area contributed by atoms with Crippen molar-refractivity contribution in [2.24, 2.45) is 0 Å². The van der Waals surface area contributed by atoms with Crippen LogP contribution in [0.5, 0.6) is 11.5 Å². The van der Waals surface area contributed by atoms with E-state index in [-0.39, 0.29) is 6.79 Å². The van der Waals surface area contributed by atoms with Crippen LogP contribution >= 0.6 is 11.8 Å². The summed E-state index contributed by atoms with van der Waals surface area (Å²) in [5.41, 5.74) is 1.03. The molecule has 4 amide bonds. The molecule has 3 aromatic rings. The van der Waals surface area contributed by atoms with Crippen LogP contribution in [0, 0.1) is 0 Å². The van der Waals surface area contributed by atoms with Gasteiger partial charge in [0.15, 0.2) is 11.5 Å². The number of nitrogens with zero attached hydrogens (tertiary/aromatic N) is 1. The van der Waals surface area contributed by atoms with Crippen molar-refractivity contribution in [1.82, 2.24) is 10.2 Å². The van der Waals surface area contributed by atoms with Gasteiger partial charge in [0, 0.05) is 10.6 Å². The first kappa shape index (κ1) is 22.8. The third-order valence-corrected chi connectivity index (χ3v) is 7.07. The third kappa shape index (κ3) is 4.54. The molecule has 1 fully saturated rings. The summed E-state index contributed by atoms with van der Waals surface area (Å²) in [5.74, 6) is 0.856. The number of rotatable bonds is 7. The van der Waals surface area contributed by atoms with Crippen molar-refractivity contribution in [3.8, 4) is 11.5 Å². The van der Waals surface area contributed by atoms with Crippen molar-refractivity contribution >= 4 is 35.3 Å². The predicted molar refractivity (Wildman–Crippen MR) is 131 cm³/mol. The number of para-hydroxylation sites is 1. The topological polar surface area (TPSA) is 97.0 Å². The molecule has 1 saturated heterocycles. The molecule has 8 nitrogen and oxygen atoms in total. The maximum atomic E-state index is 13.2. The number of nitrogens with one attached hydrogen (secondary N) is 2. The van der Waals surface area contributed by atoms with Gasteiger partial charge in [0.2, 0.25) is 12.7 Å². The summed E-state index contributed by atoms with van der Waals surface area (Å²) in [4.78, 5) is 40.6. The van der Waals surface area contributed by atoms with E-state index in [1.54, 1.807) is 43.0 Å². The largest absolute Gasteiger partial charge is 0.454 e. The van der Waals surface area contributed by atoms with Crippen LogP contribution in [-0.2, 0) is 20.9 Å². The molecule has 0 radical (unpaired) electrons. The molecular weight excluding hydrogens is 466 g/mol. The number of amides is 4. The number of benzene rings is 3. The highest BCUT2D eigenvalue weighted by Crippen LogP contribution is 2.38. The number of anilines is 1. The van der Waals surface area contributed by atoms with E-state index in [0.29, 0.717) is 22.7 Å². The Morgan fingerprint density at radius 3 is 2.60 bits per heavy atom. The number of imide groups is 1. The van der Waals surface area contributed by atoms with Crippen molar-refractivity contribution in [2.45, 2.75) is 23.1 Å². The van der Waals surface area contributed by atoms with Crippen LogP contribution in [0.1, 0.15) is 18.1 Å². The van der Waals surface area contributed by atoms with Crippen LogP contribution in [0.3, 0.4) is 0 Å². The molecule has 0 spiro atoms. The number of carbonyl (C=O) groups excluding carboxylic acids is 3. The fourth-order valence-electron chi connectivity index (χ4n) is 4.01. The maximum absolute atomic E-state index is 13.2. The summed E-state index contributed by atoms with van der Waals surface area (Å²) in [6.07, 6.45) is 0. The lowest BCUT2D eigenvalue weighted by Gasteiger charge is -2.22. The average molecular weight is 490 g/mol. The van der Waals surface area contributed by atoms with E-state index in [9.17, 15) is 14.4 Å². The van der Waals surface area contributed by atoms with Gasteiger partial charge < -0.3 is 20.1 Å². The van der Waals surface area contributed by atoms with Crippen molar-refractivity contribution in [3.05, 3.63) is 83.9 Å². The summed E-state index contributed by atoms with van der Waals surface area (Å²) >= 11 is 1.60. The molecule has 0 aromatic heterocycles. The Hall–Kier alpha value is -3.98. The minimum atomic E-state index is -1.32. The summed E-state index contributed by atoms with van der Waals surface area (Å²) < 4.78 is 10.7. The van der Waals surface area contributed by atoms with E-state index >= 15 is 0 Å². The van der Waals surface area contributed by atoms with Gasteiger partial charge in [-0.05, 0) is 42.3 Å². The van der Waals surface area contributed by atoms with E-state index in [2.05, 4.69) is 10.6 Å². The van der Waals surface area contributed by atoms with Crippen LogP contribution in [-0.4, -0.2) is 36.1 Å². The average Bonchev–Trinajstić information content (AvgIpc) is 3.42. The fraction of sp³-hybridized carbons (Fsp3) is 0.192. The Morgan fingerprint density at radius 1 is 1.03 bits per heavy atom. The lowest BCUT2D eigenvalue weighted by Crippen LogP contribution is -2.42. The van der Waals surface area contributed by atoms with Gasteiger partial charge in [-0.2, -0.15) is 0 Å². The summed E-state index contributed by atoms with van der Waals surface area (Å²) in [6.45, 7) is 1.31. The van der Waals surface area contributed by atoms with Crippen LogP contribution in [0.25, 0.3) is 0 Å². The SMILES string of the molecule is C[C@@]1(c2ccc3c(c2)OCO3)NC(=O)N(CC(=O)Nc2ccccc2SCc2ccccc2)C1=O. The van der Waals surface area contributed by atoms with Gasteiger partial charge >= 0.3 is 6.03 Å². The Labute approximate surface area is 206 Å². The molecule has 2 aliphatic rings. The molecule has 9 heteroatoms. The molecule has 0 bridgehead atoms. The molecule has 35 heavy (non-hydrogen) atoms. The molecule has 1 atom stereocenters. The van der Waals surface area contributed by atoms with Crippen molar-refractivity contribution in [3.63, 3.8) is 0 Å². The minimum absolute atomic E-state index is 0.104.